The number of nitrogens with one attached hydrogen (secondary N) is 2. The van der Waals surface area contributed by atoms with Crippen LogP contribution in [0, 0.1) is 0 Å². The van der Waals surface area contributed by atoms with E-state index in [1.807, 2.05) is 0 Å². The zero-order valence-electron chi connectivity index (χ0n) is 13.6. The van der Waals surface area contributed by atoms with Crippen molar-refractivity contribution in [1.82, 2.24) is 25.5 Å². The monoisotopic (exact) mass is 347 g/mol. The molecule has 0 spiro atoms. The summed E-state index contributed by atoms with van der Waals surface area (Å²) in [6, 6.07) is 1.62. The van der Waals surface area contributed by atoms with Crippen molar-refractivity contribution in [3.63, 3.8) is 0 Å². The molecule has 24 heavy (non-hydrogen) atoms. The summed E-state index contributed by atoms with van der Waals surface area (Å²) in [7, 11) is 0. The number of carbonyl (C=O) groups is 1. The highest BCUT2D eigenvalue weighted by Gasteiger charge is 2.23. The van der Waals surface area contributed by atoms with Gasteiger partial charge in [-0.15, -0.1) is 10.2 Å². The van der Waals surface area contributed by atoms with Gasteiger partial charge in [0, 0.05) is 37.9 Å². The molecule has 3 heterocycles. The summed E-state index contributed by atoms with van der Waals surface area (Å²) in [6.45, 7) is 3.70. The van der Waals surface area contributed by atoms with E-state index in [4.69, 9.17) is 0 Å². The Kier molecular flexibility index (Phi) is 5.52. The Balaban J connectivity index is 1.52. The van der Waals surface area contributed by atoms with Crippen LogP contribution in [0.5, 0.6) is 0 Å². The van der Waals surface area contributed by atoms with Gasteiger partial charge in [-0.05, 0) is 25.3 Å². The number of piperidine rings is 1. The largest absolute Gasteiger partial charge is 0.339 e. The van der Waals surface area contributed by atoms with E-state index in [-0.39, 0.29) is 12.1 Å². The molecule has 1 saturated heterocycles. The van der Waals surface area contributed by atoms with Crippen molar-refractivity contribution in [2.75, 3.05) is 23.3 Å². The molecule has 2 aromatic heterocycles. The van der Waals surface area contributed by atoms with Crippen molar-refractivity contribution in [1.29, 1.82) is 0 Å². The minimum absolute atomic E-state index is 0.0607. The molecule has 3 rings (SSSR count). The van der Waals surface area contributed by atoms with Crippen molar-refractivity contribution in [2.24, 2.45) is 0 Å². The second kappa shape index (κ2) is 8.00. The molecular weight excluding hydrogens is 326 g/mol. The Morgan fingerprint density at radius 1 is 1.38 bits per heavy atom. The van der Waals surface area contributed by atoms with E-state index in [0.717, 1.165) is 37.2 Å². The highest BCUT2D eigenvalue weighted by Crippen LogP contribution is 2.17. The van der Waals surface area contributed by atoms with Crippen molar-refractivity contribution >= 4 is 28.4 Å². The standard InChI is InChI=1S/C15H21N7OS/c1-2-5-12-20-21-15(24-12)19-14(23)18-11-6-3-9-22(10-11)13-16-7-4-8-17-13/h4,7-8,11H,2-3,5-6,9-10H2,1H3,(H2,18,19,21,23). The average Bonchev–Trinajstić information content (AvgIpc) is 3.03. The van der Waals surface area contributed by atoms with E-state index >= 15 is 0 Å². The lowest BCUT2D eigenvalue weighted by molar-refractivity contribution is 0.246. The summed E-state index contributed by atoms with van der Waals surface area (Å²) in [5, 5.41) is 15.3. The van der Waals surface area contributed by atoms with Crippen LogP contribution in [0.1, 0.15) is 31.2 Å². The number of carbonyl (C=O) groups excluding carboxylic acids is 1. The number of aromatic nitrogens is 4. The fourth-order valence-electron chi connectivity index (χ4n) is 2.67. The average molecular weight is 347 g/mol. The number of nitrogens with zero attached hydrogens (tertiary/aromatic N) is 5. The molecule has 2 aromatic rings. The van der Waals surface area contributed by atoms with Gasteiger partial charge in [0.15, 0.2) is 0 Å². The third-order valence-corrected chi connectivity index (χ3v) is 4.64. The summed E-state index contributed by atoms with van der Waals surface area (Å²) in [4.78, 5) is 22.8. The lowest BCUT2D eigenvalue weighted by Gasteiger charge is -2.32. The van der Waals surface area contributed by atoms with Gasteiger partial charge >= 0.3 is 6.03 Å². The Labute approximate surface area is 144 Å². The molecule has 1 aliphatic heterocycles. The Bertz CT molecular complexity index is 663. The van der Waals surface area contributed by atoms with Crippen LogP contribution in [0.3, 0.4) is 0 Å². The van der Waals surface area contributed by atoms with E-state index in [9.17, 15) is 4.79 Å². The third-order valence-electron chi connectivity index (χ3n) is 3.74. The molecule has 1 unspecified atom stereocenters. The van der Waals surface area contributed by atoms with E-state index in [0.29, 0.717) is 17.6 Å². The summed E-state index contributed by atoms with van der Waals surface area (Å²) >= 11 is 1.42. The maximum atomic E-state index is 12.2. The molecule has 1 fully saturated rings. The topological polar surface area (TPSA) is 95.9 Å². The molecule has 1 aliphatic rings. The molecule has 8 nitrogen and oxygen atoms in total. The Morgan fingerprint density at radius 3 is 3.00 bits per heavy atom. The van der Waals surface area contributed by atoms with Gasteiger partial charge in [0.25, 0.3) is 0 Å². The first-order valence-electron chi connectivity index (χ1n) is 8.16. The number of anilines is 2. The molecule has 2 N–H and O–H groups in total. The molecule has 0 bridgehead atoms. The van der Waals surface area contributed by atoms with E-state index in [1.54, 1.807) is 18.5 Å². The first kappa shape index (κ1) is 16.6. The van der Waals surface area contributed by atoms with Crippen LogP contribution in [-0.4, -0.2) is 45.3 Å². The number of aryl methyl sites for hydroxylation is 1. The Morgan fingerprint density at radius 2 is 2.21 bits per heavy atom. The lowest BCUT2D eigenvalue weighted by Crippen LogP contribution is -2.49. The van der Waals surface area contributed by atoms with Gasteiger partial charge in [-0.1, -0.05) is 18.3 Å². The molecule has 0 aromatic carbocycles. The fourth-order valence-corrected chi connectivity index (χ4v) is 3.51. The quantitative estimate of drug-likeness (QED) is 0.859. The van der Waals surface area contributed by atoms with Gasteiger partial charge in [0.2, 0.25) is 11.1 Å². The van der Waals surface area contributed by atoms with Gasteiger partial charge in [-0.3, -0.25) is 5.32 Å². The maximum Gasteiger partial charge on any atom is 0.321 e. The van der Waals surface area contributed by atoms with Crippen molar-refractivity contribution in [2.45, 2.75) is 38.6 Å². The van der Waals surface area contributed by atoms with E-state index < -0.39 is 0 Å². The van der Waals surface area contributed by atoms with Gasteiger partial charge in [-0.25, -0.2) is 14.8 Å². The van der Waals surface area contributed by atoms with Gasteiger partial charge in [-0.2, -0.15) is 0 Å². The first-order chi connectivity index (χ1) is 11.7. The zero-order valence-corrected chi connectivity index (χ0v) is 14.4. The second-order valence-electron chi connectivity index (χ2n) is 5.68. The van der Waals surface area contributed by atoms with E-state index in [2.05, 4.69) is 42.6 Å². The summed E-state index contributed by atoms with van der Waals surface area (Å²) in [5.74, 6) is 0.706. The number of rotatable bonds is 5. The molecule has 2 amide bonds. The normalized spacial score (nSPS) is 17.5. The van der Waals surface area contributed by atoms with Gasteiger partial charge in [0.1, 0.15) is 5.01 Å². The summed E-state index contributed by atoms with van der Waals surface area (Å²) < 4.78 is 0. The second-order valence-corrected chi connectivity index (χ2v) is 6.75. The third kappa shape index (κ3) is 4.38. The SMILES string of the molecule is CCCc1nnc(NC(=O)NC2CCCN(c3ncccn3)C2)s1. The van der Waals surface area contributed by atoms with Crippen molar-refractivity contribution in [3.05, 3.63) is 23.5 Å². The number of hydrogen-bond acceptors (Lipinski definition) is 7. The smallest absolute Gasteiger partial charge is 0.321 e. The van der Waals surface area contributed by atoms with Crippen LogP contribution in [0.2, 0.25) is 0 Å². The number of amides is 2. The summed E-state index contributed by atoms with van der Waals surface area (Å²) in [5.41, 5.74) is 0. The predicted molar refractivity (Wildman–Crippen MR) is 93.3 cm³/mol. The van der Waals surface area contributed by atoms with Crippen LogP contribution >= 0.6 is 11.3 Å². The molecule has 1 atom stereocenters. The van der Waals surface area contributed by atoms with Crippen LogP contribution in [-0.2, 0) is 6.42 Å². The molecule has 9 heteroatoms. The molecule has 0 aliphatic carbocycles. The molecule has 0 radical (unpaired) electrons. The fraction of sp³-hybridized carbons (Fsp3) is 0.533. The number of urea groups is 1. The van der Waals surface area contributed by atoms with Crippen molar-refractivity contribution < 1.29 is 4.79 Å². The highest BCUT2D eigenvalue weighted by atomic mass is 32.1. The van der Waals surface area contributed by atoms with Crippen LogP contribution in [0.4, 0.5) is 15.9 Å². The minimum Gasteiger partial charge on any atom is -0.339 e. The minimum atomic E-state index is -0.241. The summed E-state index contributed by atoms with van der Waals surface area (Å²) in [6.07, 6.45) is 7.29. The van der Waals surface area contributed by atoms with Gasteiger partial charge in [0.05, 0.1) is 0 Å². The van der Waals surface area contributed by atoms with Crippen molar-refractivity contribution in [3.8, 4) is 0 Å². The Hall–Kier alpha value is -2.29. The van der Waals surface area contributed by atoms with Crippen LogP contribution in [0.25, 0.3) is 0 Å². The predicted octanol–water partition coefficient (Wildman–Crippen LogP) is 2.07. The highest BCUT2D eigenvalue weighted by molar-refractivity contribution is 7.15. The zero-order chi connectivity index (χ0) is 16.8. The van der Waals surface area contributed by atoms with E-state index in [1.165, 1.54) is 11.3 Å². The first-order valence-corrected chi connectivity index (χ1v) is 8.98. The number of hydrogen-bond donors (Lipinski definition) is 2. The van der Waals surface area contributed by atoms with Crippen LogP contribution in [0.15, 0.2) is 18.5 Å². The molecular formula is C15H21N7OS. The molecule has 128 valence electrons. The lowest BCUT2D eigenvalue weighted by atomic mass is 10.1. The molecule has 0 saturated carbocycles. The van der Waals surface area contributed by atoms with Crippen LogP contribution < -0.4 is 15.5 Å². The maximum absolute atomic E-state index is 12.2. The van der Waals surface area contributed by atoms with Gasteiger partial charge < -0.3 is 10.2 Å².